The normalized spacial score (nSPS) is 16.3. The van der Waals surface area contributed by atoms with Crippen molar-refractivity contribution in [3.05, 3.63) is 30.5 Å². The van der Waals surface area contributed by atoms with E-state index in [0.717, 1.165) is 36.8 Å². The summed E-state index contributed by atoms with van der Waals surface area (Å²) < 4.78 is 0. The lowest BCUT2D eigenvalue weighted by atomic mass is 9.92. The van der Waals surface area contributed by atoms with Crippen molar-refractivity contribution in [1.82, 2.24) is 4.98 Å². The van der Waals surface area contributed by atoms with Crippen LogP contribution in [0.25, 0.3) is 10.9 Å². The monoisotopic (exact) mass is 284 g/mol. The van der Waals surface area contributed by atoms with Crippen LogP contribution in [-0.4, -0.2) is 24.0 Å². The molecule has 1 saturated heterocycles. The van der Waals surface area contributed by atoms with E-state index < -0.39 is 0 Å². The molecule has 2 aromatic rings. The smallest absolute Gasteiger partial charge is 0.217 e. The van der Waals surface area contributed by atoms with Crippen molar-refractivity contribution in [2.75, 3.05) is 23.7 Å². The van der Waals surface area contributed by atoms with Crippen LogP contribution in [0.15, 0.2) is 30.5 Å². The van der Waals surface area contributed by atoms with E-state index in [1.165, 1.54) is 5.69 Å². The number of carbonyl (C=O) groups is 1. The van der Waals surface area contributed by atoms with Crippen LogP contribution in [-0.2, 0) is 4.79 Å². The summed E-state index contributed by atoms with van der Waals surface area (Å²) in [6.07, 6.45) is 4.25. The first-order valence-electron chi connectivity index (χ1n) is 7.31. The number of piperidine rings is 1. The molecule has 0 spiro atoms. The zero-order valence-corrected chi connectivity index (χ0v) is 12.0. The summed E-state index contributed by atoms with van der Waals surface area (Å²) >= 11 is 0. The van der Waals surface area contributed by atoms with Gasteiger partial charge in [-0.25, -0.2) is 0 Å². The molecule has 2 heterocycles. The Morgan fingerprint density at radius 3 is 2.76 bits per heavy atom. The highest BCUT2D eigenvalue weighted by Gasteiger charge is 2.22. The highest BCUT2D eigenvalue weighted by molar-refractivity contribution is 5.98. The van der Waals surface area contributed by atoms with E-state index in [4.69, 9.17) is 11.5 Å². The molecule has 0 radical (unpaired) electrons. The van der Waals surface area contributed by atoms with Gasteiger partial charge in [-0.1, -0.05) is 0 Å². The van der Waals surface area contributed by atoms with E-state index >= 15 is 0 Å². The fourth-order valence-electron chi connectivity index (χ4n) is 3.12. The molecule has 21 heavy (non-hydrogen) atoms. The van der Waals surface area contributed by atoms with Crippen molar-refractivity contribution >= 4 is 28.2 Å². The standard InChI is InChI=1S/C16H20N4O/c17-13-3-4-14(12-2-1-7-19-16(12)13)20-8-5-11(6-9-20)10-15(18)21/h1-4,7,11H,5-6,8-10,17H2,(H2,18,21). The number of nitrogens with zero attached hydrogens (tertiary/aromatic N) is 2. The summed E-state index contributed by atoms with van der Waals surface area (Å²) in [6.45, 7) is 1.87. The van der Waals surface area contributed by atoms with Crippen molar-refractivity contribution in [1.29, 1.82) is 0 Å². The molecule has 4 N–H and O–H groups in total. The van der Waals surface area contributed by atoms with Crippen LogP contribution in [0, 0.1) is 5.92 Å². The number of anilines is 2. The van der Waals surface area contributed by atoms with E-state index in [2.05, 4.69) is 22.0 Å². The quantitative estimate of drug-likeness (QED) is 0.843. The van der Waals surface area contributed by atoms with Gasteiger partial charge in [-0.05, 0) is 43.0 Å². The number of hydrogen-bond acceptors (Lipinski definition) is 4. The van der Waals surface area contributed by atoms with E-state index in [-0.39, 0.29) is 5.91 Å². The molecule has 0 saturated carbocycles. The average Bonchev–Trinajstić information content (AvgIpc) is 2.48. The molecule has 0 bridgehead atoms. The first-order valence-corrected chi connectivity index (χ1v) is 7.31. The van der Waals surface area contributed by atoms with Crippen molar-refractivity contribution in [3.63, 3.8) is 0 Å². The van der Waals surface area contributed by atoms with Crippen LogP contribution in [0.1, 0.15) is 19.3 Å². The largest absolute Gasteiger partial charge is 0.397 e. The molecule has 0 unspecified atom stereocenters. The Bertz CT molecular complexity index is 662. The van der Waals surface area contributed by atoms with Crippen molar-refractivity contribution in [3.8, 4) is 0 Å². The Hall–Kier alpha value is -2.30. The van der Waals surface area contributed by atoms with Crippen molar-refractivity contribution < 1.29 is 4.79 Å². The first kappa shape index (κ1) is 13.7. The fourth-order valence-corrected chi connectivity index (χ4v) is 3.12. The number of nitrogen functional groups attached to an aromatic ring is 1. The Morgan fingerprint density at radius 2 is 2.05 bits per heavy atom. The Kier molecular flexibility index (Phi) is 3.64. The lowest BCUT2D eigenvalue weighted by molar-refractivity contribution is -0.119. The summed E-state index contributed by atoms with van der Waals surface area (Å²) in [6, 6.07) is 7.97. The molecule has 1 aromatic carbocycles. The van der Waals surface area contributed by atoms with Gasteiger partial charge >= 0.3 is 0 Å². The minimum atomic E-state index is -0.199. The van der Waals surface area contributed by atoms with Gasteiger partial charge in [0, 0.05) is 36.8 Å². The maximum atomic E-state index is 11.0. The van der Waals surface area contributed by atoms with Crippen LogP contribution < -0.4 is 16.4 Å². The second kappa shape index (κ2) is 5.60. The molecule has 3 rings (SSSR count). The van der Waals surface area contributed by atoms with E-state index in [1.807, 2.05) is 12.1 Å². The summed E-state index contributed by atoms with van der Waals surface area (Å²) in [5, 5.41) is 1.09. The van der Waals surface area contributed by atoms with Crippen LogP contribution in [0.5, 0.6) is 0 Å². The maximum Gasteiger partial charge on any atom is 0.217 e. The molecular weight excluding hydrogens is 264 g/mol. The van der Waals surface area contributed by atoms with Crippen LogP contribution >= 0.6 is 0 Å². The Morgan fingerprint density at radius 1 is 1.29 bits per heavy atom. The van der Waals surface area contributed by atoms with Crippen LogP contribution in [0.2, 0.25) is 0 Å². The summed E-state index contributed by atoms with van der Waals surface area (Å²) in [7, 11) is 0. The highest BCUT2D eigenvalue weighted by atomic mass is 16.1. The third-order valence-corrected chi connectivity index (χ3v) is 4.22. The van der Waals surface area contributed by atoms with Crippen LogP contribution in [0.3, 0.4) is 0 Å². The maximum absolute atomic E-state index is 11.0. The number of rotatable bonds is 3. The number of hydrogen-bond donors (Lipinski definition) is 2. The molecule has 0 aliphatic carbocycles. The second-order valence-electron chi connectivity index (χ2n) is 5.67. The molecular formula is C16H20N4O. The predicted molar refractivity (Wildman–Crippen MR) is 84.9 cm³/mol. The third-order valence-electron chi connectivity index (χ3n) is 4.22. The average molecular weight is 284 g/mol. The Labute approximate surface area is 123 Å². The van der Waals surface area contributed by atoms with Crippen molar-refractivity contribution in [2.45, 2.75) is 19.3 Å². The zero-order valence-electron chi connectivity index (χ0n) is 12.0. The second-order valence-corrected chi connectivity index (χ2v) is 5.67. The number of aromatic nitrogens is 1. The predicted octanol–water partition coefficient (Wildman–Crippen LogP) is 1.91. The number of primary amides is 1. The van der Waals surface area contributed by atoms with Gasteiger partial charge in [0.05, 0.1) is 11.2 Å². The summed E-state index contributed by atoms with van der Waals surface area (Å²) in [5.41, 5.74) is 14.0. The lowest BCUT2D eigenvalue weighted by Gasteiger charge is -2.34. The molecule has 110 valence electrons. The summed E-state index contributed by atoms with van der Waals surface area (Å²) in [4.78, 5) is 17.7. The number of amides is 1. The molecule has 1 amide bonds. The van der Waals surface area contributed by atoms with E-state index in [0.29, 0.717) is 18.0 Å². The Balaban J connectivity index is 1.83. The lowest BCUT2D eigenvalue weighted by Crippen LogP contribution is -2.35. The van der Waals surface area contributed by atoms with Gasteiger partial charge in [-0.15, -0.1) is 0 Å². The SMILES string of the molecule is NC(=O)CC1CCN(c2ccc(N)c3ncccc23)CC1. The zero-order chi connectivity index (χ0) is 14.8. The highest BCUT2D eigenvalue weighted by Crippen LogP contribution is 2.32. The van der Waals surface area contributed by atoms with Crippen LogP contribution in [0.4, 0.5) is 11.4 Å². The first-order chi connectivity index (χ1) is 10.1. The minimum absolute atomic E-state index is 0.199. The van der Waals surface area contributed by atoms with Gasteiger partial charge in [-0.3, -0.25) is 9.78 Å². The van der Waals surface area contributed by atoms with E-state index in [1.54, 1.807) is 6.20 Å². The number of nitrogens with two attached hydrogens (primary N) is 2. The number of benzene rings is 1. The third kappa shape index (κ3) is 2.77. The molecule has 5 nitrogen and oxygen atoms in total. The van der Waals surface area contributed by atoms with Gasteiger partial charge in [0.15, 0.2) is 0 Å². The molecule has 0 atom stereocenters. The molecule has 5 heteroatoms. The topological polar surface area (TPSA) is 85.2 Å². The number of fused-ring (bicyclic) bond motifs is 1. The van der Waals surface area contributed by atoms with Gasteiger partial charge < -0.3 is 16.4 Å². The number of pyridine rings is 1. The van der Waals surface area contributed by atoms with Gasteiger partial charge in [0.25, 0.3) is 0 Å². The van der Waals surface area contributed by atoms with Gasteiger partial charge in [0.2, 0.25) is 5.91 Å². The summed E-state index contributed by atoms with van der Waals surface area (Å²) in [5.74, 6) is 0.215. The molecule has 1 aliphatic rings. The van der Waals surface area contributed by atoms with E-state index in [9.17, 15) is 4.79 Å². The van der Waals surface area contributed by atoms with Crippen molar-refractivity contribution in [2.24, 2.45) is 11.7 Å². The molecule has 1 aromatic heterocycles. The number of carbonyl (C=O) groups excluding carboxylic acids is 1. The minimum Gasteiger partial charge on any atom is -0.397 e. The van der Waals surface area contributed by atoms with Gasteiger partial charge in [0.1, 0.15) is 0 Å². The molecule has 1 aliphatic heterocycles. The molecule has 1 fully saturated rings. The fraction of sp³-hybridized carbons (Fsp3) is 0.375. The van der Waals surface area contributed by atoms with Gasteiger partial charge in [-0.2, -0.15) is 0 Å².